The Labute approximate surface area is 147 Å². The van der Waals surface area contributed by atoms with Crippen molar-refractivity contribution in [2.75, 3.05) is 31.1 Å². The van der Waals surface area contributed by atoms with E-state index in [0.717, 1.165) is 43.0 Å². The lowest BCUT2D eigenvalue weighted by Gasteiger charge is -2.36. The van der Waals surface area contributed by atoms with Gasteiger partial charge in [0.2, 0.25) is 5.91 Å². The molecule has 2 aliphatic heterocycles. The molecule has 2 fully saturated rings. The number of hydrogen-bond donors (Lipinski definition) is 0. The summed E-state index contributed by atoms with van der Waals surface area (Å²) >= 11 is 0. The Morgan fingerprint density at radius 2 is 1.80 bits per heavy atom. The Hall–Kier alpha value is -1.79. The van der Waals surface area contributed by atoms with Gasteiger partial charge in [-0.25, -0.2) is 18.7 Å². The summed E-state index contributed by atoms with van der Waals surface area (Å²) in [7, 11) is 0. The van der Waals surface area contributed by atoms with Gasteiger partial charge in [-0.2, -0.15) is 0 Å². The highest BCUT2D eigenvalue weighted by Crippen LogP contribution is 2.30. The number of likely N-dealkylation sites (tertiary alicyclic amines) is 1. The summed E-state index contributed by atoms with van der Waals surface area (Å²) in [5.41, 5.74) is 2.09. The minimum absolute atomic E-state index is 0.0306. The number of hydrogen-bond acceptors (Lipinski definition) is 4. The Bertz CT molecular complexity index is 620. The Kier molecular flexibility index (Phi) is 5.20. The molecular formula is C18H26F2N4O. The molecule has 0 spiro atoms. The minimum atomic E-state index is -2.60. The molecule has 3 rings (SSSR count). The lowest BCUT2D eigenvalue weighted by atomic mass is 9.92. The van der Waals surface area contributed by atoms with Crippen LogP contribution in [0.1, 0.15) is 43.4 Å². The van der Waals surface area contributed by atoms with Crippen LogP contribution in [0.3, 0.4) is 0 Å². The molecule has 0 unspecified atom stereocenters. The van der Waals surface area contributed by atoms with E-state index in [1.54, 1.807) is 11.2 Å². The third kappa shape index (κ3) is 4.25. The smallest absolute Gasteiger partial charge is 0.251 e. The van der Waals surface area contributed by atoms with E-state index in [2.05, 4.69) is 14.9 Å². The van der Waals surface area contributed by atoms with Crippen molar-refractivity contribution in [2.24, 2.45) is 5.92 Å². The highest BCUT2D eigenvalue weighted by molar-refractivity contribution is 5.76. The van der Waals surface area contributed by atoms with Gasteiger partial charge in [-0.05, 0) is 32.6 Å². The molecule has 0 aliphatic carbocycles. The number of alkyl halides is 2. The predicted octanol–water partition coefficient (Wildman–Crippen LogP) is 2.96. The number of halogens is 2. The van der Waals surface area contributed by atoms with Crippen molar-refractivity contribution in [3.8, 4) is 0 Å². The summed E-state index contributed by atoms with van der Waals surface area (Å²) in [5.74, 6) is -1.26. The second kappa shape index (κ2) is 7.22. The molecule has 1 aromatic rings. The number of rotatable bonds is 3. The molecule has 3 heterocycles. The van der Waals surface area contributed by atoms with Crippen LogP contribution in [-0.2, 0) is 4.79 Å². The van der Waals surface area contributed by atoms with E-state index < -0.39 is 5.92 Å². The third-order valence-corrected chi connectivity index (χ3v) is 5.53. The lowest BCUT2D eigenvalue weighted by Crippen LogP contribution is -2.44. The largest absolute Gasteiger partial charge is 0.356 e. The highest BCUT2D eigenvalue weighted by atomic mass is 19.3. The second-order valence-corrected chi connectivity index (χ2v) is 7.28. The van der Waals surface area contributed by atoms with Crippen molar-refractivity contribution >= 4 is 11.7 Å². The van der Waals surface area contributed by atoms with Crippen molar-refractivity contribution in [3.63, 3.8) is 0 Å². The van der Waals surface area contributed by atoms with Gasteiger partial charge in [0.25, 0.3) is 5.92 Å². The lowest BCUT2D eigenvalue weighted by molar-refractivity contribution is -0.138. The zero-order chi connectivity index (χ0) is 18.0. The molecule has 1 amide bonds. The first-order valence-electron chi connectivity index (χ1n) is 9.04. The number of anilines is 1. The van der Waals surface area contributed by atoms with Gasteiger partial charge in [0.15, 0.2) is 0 Å². The van der Waals surface area contributed by atoms with Crippen molar-refractivity contribution in [1.29, 1.82) is 0 Å². The number of nitrogens with zero attached hydrogens (tertiary/aromatic N) is 4. The van der Waals surface area contributed by atoms with Crippen LogP contribution in [0.25, 0.3) is 0 Å². The average molecular weight is 352 g/mol. The highest BCUT2D eigenvalue weighted by Gasteiger charge is 2.36. The van der Waals surface area contributed by atoms with Crippen LogP contribution in [0.5, 0.6) is 0 Å². The first-order chi connectivity index (χ1) is 11.9. The van der Waals surface area contributed by atoms with E-state index in [1.165, 1.54) is 0 Å². The molecule has 0 saturated carbocycles. The Morgan fingerprint density at radius 3 is 2.44 bits per heavy atom. The molecule has 0 atom stereocenters. The number of aromatic nitrogens is 2. The van der Waals surface area contributed by atoms with E-state index in [4.69, 9.17) is 0 Å². The number of amides is 1. The zero-order valence-corrected chi connectivity index (χ0v) is 15.0. The number of carbonyl (C=O) groups excluding carboxylic acids is 1. The summed E-state index contributed by atoms with van der Waals surface area (Å²) in [6.45, 7) is 6.12. The second-order valence-electron chi connectivity index (χ2n) is 7.28. The molecule has 0 aromatic carbocycles. The van der Waals surface area contributed by atoms with Crippen molar-refractivity contribution in [1.82, 2.24) is 14.9 Å². The first-order valence-corrected chi connectivity index (χ1v) is 9.04. The average Bonchev–Trinajstić information content (AvgIpc) is 2.58. The summed E-state index contributed by atoms with van der Waals surface area (Å²) in [4.78, 5) is 24.9. The molecule has 138 valence electrons. The quantitative estimate of drug-likeness (QED) is 0.839. The fourth-order valence-corrected chi connectivity index (χ4v) is 3.65. The van der Waals surface area contributed by atoms with Crippen molar-refractivity contribution in [3.05, 3.63) is 17.6 Å². The molecule has 7 heteroatoms. The maximum Gasteiger partial charge on any atom is 0.251 e. The fourth-order valence-electron chi connectivity index (χ4n) is 3.65. The van der Waals surface area contributed by atoms with Crippen LogP contribution >= 0.6 is 0 Å². The molecule has 0 radical (unpaired) electrons. The van der Waals surface area contributed by atoms with Gasteiger partial charge < -0.3 is 9.80 Å². The summed E-state index contributed by atoms with van der Waals surface area (Å²) in [5, 5.41) is 0. The van der Waals surface area contributed by atoms with E-state index in [9.17, 15) is 13.6 Å². The standard InChI is InChI=1S/C18H26F2N4O/c1-13-14(2)21-12-22-17(13)24-7-3-15(4-8-24)11-16(25)23-9-5-18(19,20)6-10-23/h12,15H,3-11H2,1-2H3. The molecule has 0 N–H and O–H groups in total. The molecule has 5 nitrogen and oxygen atoms in total. The van der Waals surface area contributed by atoms with E-state index in [-0.39, 0.29) is 31.8 Å². The van der Waals surface area contributed by atoms with Gasteiger partial charge >= 0.3 is 0 Å². The zero-order valence-electron chi connectivity index (χ0n) is 15.0. The number of aryl methyl sites for hydroxylation is 1. The molecule has 25 heavy (non-hydrogen) atoms. The number of carbonyl (C=O) groups is 1. The van der Waals surface area contributed by atoms with Gasteiger partial charge in [0.1, 0.15) is 12.1 Å². The van der Waals surface area contributed by atoms with Crippen LogP contribution in [0, 0.1) is 19.8 Å². The van der Waals surface area contributed by atoms with Gasteiger partial charge in [0.05, 0.1) is 0 Å². The monoisotopic (exact) mass is 352 g/mol. The minimum Gasteiger partial charge on any atom is -0.356 e. The van der Waals surface area contributed by atoms with Gasteiger partial charge in [-0.1, -0.05) is 0 Å². The molecule has 1 aromatic heterocycles. The normalized spacial score (nSPS) is 21.4. The molecule has 0 bridgehead atoms. The molecular weight excluding hydrogens is 326 g/mol. The van der Waals surface area contributed by atoms with Gasteiger partial charge in [-0.3, -0.25) is 4.79 Å². The maximum atomic E-state index is 13.2. The third-order valence-electron chi connectivity index (χ3n) is 5.53. The van der Waals surface area contributed by atoms with Crippen LogP contribution < -0.4 is 4.90 Å². The topological polar surface area (TPSA) is 49.3 Å². The molecule has 2 aliphatic rings. The van der Waals surface area contributed by atoms with E-state index >= 15 is 0 Å². The van der Waals surface area contributed by atoms with Crippen LogP contribution in [-0.4, -0.2) is 52.9 Å². The fraction of sp³-hybridized carbons (Fsp3) is 0.722. The maximum absolute atomic E-state index is 13.2. The Balaban J connectivity index is 1.49. The SMILES string of the molecule is Cc1ncnc(N2CCC(CC(=O)N3CCC(F)(F)CC3)CC2)c1C. The number of piperidine rings is 2. The van der Waals surface area contributed by atoms with Gasteiger partial charge in [-0.15, -0.1) is 0 Å². The van der Waals surface area contributed by atoms with Crippen LogP contribution in [0.4, 0.5) is 14.6 Å². The van der Waals surface area contributed by atoms with E-state index in [1.807, 2.05) is 13.8 Å². The predicted molar refractivity (Wildman–Crippen MR) is 91.8 cm³/mol. The Morgan fingerprint density at radius 1 is 1.16 bits per heavy atom. The molecule has 2 saturated heterocycles. The van der Waals surface area contributed by atoms with Crippen molar-refractivity contribution < 1.29 is 13.6 Å². The van der Waals surface area contributed by atoms with Gasteiger partial charge in [0, 0.05) is 56.7 Å². The van der Waals surface area contributed by atoms with E-state index in [0.29, 0.717) is 12.3 Å². The summed E-state index contributed by atoms with van der Waals surface area (Å²) < 4.78 is 26.4. The first kappa shape index (κ1) is 18.0. The van der Waals surface area contributed by atoms with Crippen molar-refractivity contribution in [2.45, 2.75) is 51.9 Å². The van der Waals surface area contributed by atoms with Crippen LogP contribution in [0.15, 0.2) is 6.33 Å². The summed E-state index contributed by atoms with van der Waals surface area (Å²) in [6.07, 6.45) is 3.52. The van der Waals surface area contributed by atoms with Crippen LogP contribution in [0.2, 0.25) is 0 Å². The summed E-state index contributed by atoms with van der Waals surface area (Å²) in [6, 6.07) is 0.